The lowest BCUT2D eigenvalue weighted by molar-refractivity contribution is 0.0556. The summed E-state index contributed by atoms with van der Waals surface area (Å²) in [6, 6.07) is 8.99. The van der Waals surface area contributed by atoms with Crippen molar-refractivity contribution in [2.24, 2.45) is 5.92 Å². The molecule has 0 atom stereocenters. The Morgan fingerprint density at radius 3 is 2.29 bits per heavy atom. The van der Waals surface area contributed by atoms with Crippen LogP contribution < -0.4 is 0 Å². The third-order valence-corrected chi connectivity index (χ3v) is 4.09. The van der Waals surface area contributed by atoms with Gasteiger partial charge in [0.2, 0.25) is 0 Å². The van der Waals surface area contributed by atoms with E-state index in [4.69, 9.17) is 4.74 Å². The topological polar surface area (TPSA) is 9.23 Å². The molecule has 0 unspecified atom stereocenters. The highest BCUT2D eigenvalue weighted by Gasteiger charge is 2.20. The van der Waals surface area contributed by atoms with Gasteiger partial charge in [-0.1, -0.05) is 29.8 Å². The third kappa shape index (κ3) is 3.85. The molecule has 1 aromatic rings. The number of benzene rings is 1. The van der Waals surface area contributed by atoms with Gasteiger partial charge in [-0.2, -0.15) is 0 Å². The monoisotopic (exact) mass is 232 g/mol. The molecule has 1 nitrogen and oxygen atoms in total. The van der Waals surface area contributed by atoms with Gasteiger partial charge in [0.1, 0.15) is 0 Å². The lowest BCUT2D eigenvalue weighted by Crippen LogP contribution is -2.20. The van der Waals surface area contributed by atoms with Crippen LogP contribution >= 0.6 is 0 Å². The summed E-state index contributed by atoms with van der Waals surface area (Å²) in [5, 5.41) is 0. The number of methoxy groups -OCH3 is 1. The van der Waals surface area contributed by atoms with Crippen LogP contribution in [0.3, 0.4) is 0 Å². The molecule has 1 heteroatoms. The zero-order valence-electron chi connectivity index (χ0n) is 11.1. The average Bonchev–Trinajstić information content (AvgIpc) is 2.39. The molecular formula is C16H24O. The van der Waals surface area contributed by atoms with Crippen LogP contribution in [0, 0.1) is 12.8 Å². The molecular weight excluding hydrogens is 208 g/mol. The number of rotatable bonds is 4. The van der Waals surface area contributed by atoms with Crippen LogP contribution in [0.4, 0.5) is 0 Å². The van der Waals surface area contributed by atoms with Crippen LogP contribution in [0.2, 0.25) is 0 Å². The van der Waals surface area contributed by atoms with Gasteiger partial charge in [0.15, 0.2) is 0 Å². The molecule has 0 radical (unpaired) electrons. The van der Waals surface area contributed by atoms with Crippen molar-refractivity contribution >= 4 is 0 Å². The summed E-state index contributed by atoms with van der Waals surface area (Å²) in [5.41, 5.74) is 2.85. The van der Waals surface area contributed by atoms with E-state index in [0.29, 0.717) is 6.10 Å². The Morgan fingerprint density at radius 2 is 1.71 bits per heavy atom. The fourth-order valence-electron chi connectivity index (χ4n) is 2.78. The molecule has 94 valence electrons. The molecule has 1 saturated carbocycles. The molecule has 0 spiro atoms. The smallest absolute Gasteiger partial charge is 0.0571 e. The molecule has 1 aromatic carbocycles. The van der Waals surface area contributed by atoms with Crippen LogP contribution in [0.5, 0.6) is 0 Å². The van der Waals surface area contributed by atoms with E-state index >= 15 is 0 Å². The van der Waals surface area contributed by atoms with Gasteiger partial charge in [-0.05, 0) is 56.9 Å². The average molecular weight is 232 g/mol. The number of aryl methyl sites for hydroxylation is 2. The summed E-state index contributed by atoms with van der Waals surface area (Å²) < 4.78 is 5.42. The van der Waals surface area contributed by atoms with Crippen molar-refractivity contribution in [3.05, 3.63) is 35.4 Å². The molecule has 1 aliphatic rings. The summed E-state index contributed by atoms with van der Waals surface area (Å²) in [6.45, 7) is 2.15. The first-order chi connectivity index (χ1) is 8.28. The normalized spacial score (nSPS) is 24.8. The summed E-state index contributed by atoms with van der Waals surface area (Å²) in [7, 11) is 1.84. The van der Waals surface area contributed by atoms with Crippen molar-refractivity contribution in [2.75, 3.05) is 7.11 Å². The Bertz CT molecular complexity index is 320. The van der Waals surface area contributed by atoms with E-state index in [1.54, 1.807) is 0 Å². The zero-order chi connectivity index (χ0) is 12.1. The van der Waals surface area contributed by atoms with Crippen molar-refractivity contribution in [3.63, 3.8) is 0 Å². The number of hydrogen-bond donors (Lipinski definition) is 0. The van der Waals surface area contributed by atoms with E-state index in [1.807, 2.05) is 7.11 Å². The Balaban J connectivity index is 1.74. The lowest BCUT2D eigenvalue weighted by atomic mass is 9.84. The number of ether oxygens (including phenoxy) is 1. The second-order valence-corrected chi connectivity index (χ2v) is 5.40. The minimum Gasteiger partial charge on any atom is -0.381 e. The van der Waals surface area contributed by atoms with Gasteiger partial charge in [-0.3, -0.25) is 0 Å². The first-order valence-electron chi connectivity index (χ1n) is 6.86. The number of hydrogen-bond acceptors (Lipinski definition) is 1. The minimum atomic E-state index is 0.533. The highest BCUT2D eigenvalue weighted by molar-refractivity contribution is 5.21. The Morgan fingerprint density at radius 1 is 1.06 bits per heavy atom. The predicted molar refractivity (Wildman–Crippen MR) is 72.3 cm³/mol. The van der Waals surface area contributed by atoms with Gasteiger partial charge < -0.3 is 4.74 Å². The van der Waals surface area contributed by atoms with Gasteiger partial charge in [-0.25, -0.2) is 0 Å². The molecule has 2 rings (SSSR count). The van der Waals surface area contributed by atoms with E-state index in [9.17, 15) is 0 Å². The van der Waals surface area contributed by atoms with Crippen molar-refractivity contribution in [3.8, 4) is 0 Å². The van der Waals surface area contributed by atoms with Crippen molar-refractivity contribution in [2.45, 2.75) is 51.6 Å². The third-order valence-electron chi connectivity index (χ3n) is 4.09. The molecule has 0 amide bonds. The van der Waals surface area contributed by atoms with E-state index in [2.05, 4.69) is 31.2 Å². The Kier molecular flexibility index (Phi) is 4.61. The summed E-state index contributed by atoms with van der Waals surface area (Å²) >= 11 is 0. The van der Waals surface area contributed by atoms with Crippen molar-refractivity contribution in [1.29, 1.82) is 0 Å². The first-order valence-corrected chi connectivity index (χ1v) is 6.86. The molecule has 0 heterocycles. The predicted octanol–water partition coefficient (Wildman–Crippen LogP) is 4.13. The standard InChI is InChI=1S/C16H24O/c1-13-3-5-14(6-4-13)7-8-15-9-11-16(17-2)12-10-15/h3-6,15-16H,7-12H2,1-2H3. The highest BCUT2D eigenvalue weighted by atomic mass is 16.5. The summed E-state index contributed by atoms with van der Waals surface area (Å²) in [4.78, 5) is 0. The van der Waals surface area contributed by atoms with Crippen LogP contribution in [0.1, 0.15) is 43.2 Å². The fourth-order valence-corrected chi connectivity index (χ4v) is 2.78. The largest absolute Gasteiger partial charge is 0.381 e. The van der Waals surface area contributed by atoms with Crippen molar-refractivity contribution < 1.29 is 4.74 Å². The van der Waals surface area contributed by atoms with Crippen LogP contribution in [0.15, 0.2) is 24.3 Å². The summed E-state index contributed by atoms with van der Waals surface area (Å²) in [6.07, 6.45) is 8.34. The Hall–Kier alpha value is -0.820. The van der Waals surface area contributed by atoms with E-state index < -0.39 is 0 Å². The highest BCUT2D eigenvalue weighted by Crippen LogP contribution is 2.29. The quantitative estimate of drug-likeness (QED) is 0.758. The van der Waals surface area contributed by atoms with Gasteiger partial charge in [0.05, 0.1) is 6.10 Å². The molecule has 1 fully saturated rings. The second-order valence-electron chi connectivity index (χ2n) is 5.40. The maximum atomic E-state index is 5.42. The molecule has 0 N–H and O–H groups in total. The van der Waals surface area contributed by atoms with Gasteiger partial charge in [0, 0.05) is 7.11 Å². The molecule has 0 bridgehead atoms. The lowest BCUT2D eigenvalue weighted by Gasteiger charge is -2.27. The fraction of sp³-hybridized carbons (Fsp3) is 0.625. The first kappa shape index (κ1) is 12.6. The van der Waals surface area contributed by atoms with Gasteiger partial charge in [0.25, 0.3) is 0 Å². The van der Waals surface area contributed by atoms with E-state index in [-0.39, 0.29) is 0 Å². The molecule has 0 aromatic heterocycles. The van der Waals surface area contributed by atoms with E-state index in [1.165, 1.54) is 49.7 Å². The Labute approximate surface area is 105 Å². The molecule has 0 aliphatic heterocycles. The van der Waals surface area contributed by atoms with E-state index in [0.717, 1.165) is 5.92 Å². The minimum absolute atomic E-state index is 0.533. The molecule has 0 saturated heterocycles. The maximum Gasteiger partial charge on any atom is 0.0571 e. The second kappa shape index (κ2) is 6.20. The summed E-state index contributed by atoms with van der Waals surface area (Å²) in [5.74, 6) is 0.919. The van der Waals surface area contributed by atoms with Crippen LogP contribution in [-0.4, -0.2) is 13.2 Å². The van der Waals surface area contributed by atoms with Gasteiger partial charge in [-0.15, -0.1) is 0 Å². The van der Waals surface area contributed by atoms with Crippen molar-refractivity contribution in [1.82, 2.24) is 0 Å². The van der Waals surface area contributed by atoms with Crippen LogP contribution in [-0.2, 0) is 11.2 Å². The zero-order valence-corrected chi connectivity index (χ0v) is 11.1. The van der Waals surface area contributed by atoms with Gasteiger partial charge >= 0.3 is 0 Å². The van der Waals surface area contributed by atoms with Crippen LogP contribution in [0.25, 0.3) is 0 Å². The SMILES string of the molecule is COC1CCC(CCc2ccc(C)cc2)CC1. The maximum absolute atomic E-state index is 5.42. The molecule has 1 aliphatic carbocycles. The molecule has 17 heavy (non-hydrogen) atoms.